The number of rotatable bonds is 3. The number of pyridine rings is 1. The Morgan fingerprint density at radius 3 is 2.72 bits per heavy atom. The molecule has 0 saturated heterocycles. The molecule has 0 saturated carbocycles. The second-order valence-electron chi connectivity index (χ2n) is 6.11. The molecular formula is C21H18FN3. The van der Waals surface area contributed by atoms with Gasteiger partial charge in [-0.2, -0.15) is 0 Å². The number of fused-ring (bicyclic) bond motifs is 1. The van der Waals surface area contributed by atoms with Gasteiger partial charge in [-0.3, -0.25) is 9.98 Å². The summed E-state index contributed by atoms with van der Waals surface area (Å²) in [5.41, 5.74) is 4.87. The van der Waals surface area contributed by atoms with Gasteiger partial charge in [-0.1, -0.05) is 30.3 Å². The molecule has 0 bridgehead atoms. The van der Waals surface area contributed by atoms with E-state index in [1.54, 1.807) is 12.3 Å². The normalized spacial score (nSPS) is 16.8. The number of nitrogens with one attached hydrogen (secondary N) is 1. The molecule has 1 aliphatic heterocycles. The summed E-state index contributed by atoms with van der Waals surface area (Å²) in [7, 11) is 0. The lowest BCUT2D eigenvalue weighted by Crippen LogP contribution is -2.36. The van der Waals surface area contributed by atoms with Crippen molar-refractivity contribution >= 4 is 11.9 Å². The smallest absolute Gasteiger partial charge is 0.125 e. The van der Waals surface area contributed by atoms with Gasteiger partial charge in [0.15, 0.2) is 0 Å². The fourth-order valence-electron chi connectivity index (χ4n) is 3.11. The second kappa shape index (κ2) is 6.95. The van der Waals surface area contributed by atoms with E-state index in [0.29, 0.717) is 5.69 Å². The topological polar surface area (TPSA) is 37.3 Å². The zero-order chi connectivity index (χ0) is 17.1. The molecule has 0 unspecified atom stereocenters. The van der Waals surface area contributed by atoms with E-state index in [-0.39, 0.29) is 11.9 Å². The molecule has 4 heteroatoms. The van der Waals surface area contributed by atoms with Crippen molar-refractivity contribution in [2.75, 3.05) is 0 Å². The van der Waals surface area contributed by atoms with Crippen LogP contribution in [0.2, 0.25) is 0 Å². The van der Waals surface area contributed by atoms with Crippen LogP contribution in [0.1, 0.15) is 11.1 Å². The van der Waals surface area contributed by atoms with Gasteiger partial charge in [-0.25, -0.2) is 4.39 Å². The summed E-state index contributed by atoms with van der Waals surface area (Å²) in [4.78, 5) is 8.92. The van der Waals surface area contributed by atoms with Crippen molar-refractivity contribution in [1.29, 1.82) is 0 Å². The lowest BCUT2D eigenvalue weighted by molar-refractivity contribution is 0.584. The van der Waals surface area contributed by atoms with E-state index in [1.807, 2.05) is 24.4 Å². The van der Waals surface area contributed by atoms with Crippen molar-refractivity contribution in [3.05, 3.63) is 83.8 Å². The Bertz CT molecular complexity index is 906. The van der Waals surface area contributed by atoms with Gasteiger partial charge >= 0.3 is 0 Å². The van der Waals surface area contributed by atoms with Gasteiger partial charge in [-0.05, 0) is 41.8 Å². The highest BCUT2D eigenvalue weighted by molar-refractivity contribution is 5.78. The average Bonchev–Trinajstić information content (AvgIpc) is 2.67. The maximum absolute atomic E-state index is 13.7. The summed E-state index contributed by atoms with van der Waals surface area (Å²) < 4.78 is 13.7. The third-order valence-corrected chi connectivity index (χ3v) is 4.41. The fraction of sp³-hybridized carbons (Fsp3) is 0.143. The number of aromatic nitrogens is 1. The minimum atomic E-state index is -0.297. The molecule has 4 rings (SSSR count). The Kier molecular flexibility index (Phi) is 4.36. The quantitative estimate of drug-likeness (QED) is 0.726. The largest absolute Gasteiger partial charge is 0.305 e. The Labute approximate surface area is 146 Å². The van der Waals surface area contributed by atoms with E-state index < -0.39 is 0 Å². The summed E-state index contributed by atoms with van der Waals surface area (Å²) in [6.07, 6.45) is 4.48. The molecule has 0 fully saturated rings. The number of hydrogen-bond acceptors (Lipinski definition) is 3. The van der Waals surface area contributed by atoms with Crippen LogP contribution >= 0.6 is 0 Å². The molecule has 0 radical (unpaired) electrons. The number of nitrogens with zero attached hydrogens (tertiary/aromatic N) is 2. The summed E-state index contributed by atoms with van der Waals surface area (Å²) in [5, 5.41) is 3.46. The standard InChI is InChI=1S/C21H18FN3/c22-17-8-9-19(20-7-3-4-10-23-20)21(12-17)25-14-18-11-15-5-1-2-6-16(15)13-24-18/h1-10,12,14,18,24H,11,13H2/t18-/m0/s1. The van der Waals surface area contributed by atoms with Gasteiger partial charge < -0.3 is 5.32 Å². The lowest BCUT2D eigenvalue weighted by Gasteiger charge is -2.23. The minimum Gasteiger partial charge on any atom is -0.305 e. The van der Waals surface area contributed by atoms with E-state index in [4.69, 9.17) is 0 Å². The van der Waals surface area contributed by atoms with E-state index in [9.17, 15) is 4.39 Å². The maximum atomic E-state index is 13.7. The van der Waals surface area contributed by atoms with Crippen molar-refractivity contribution in [2.24, 2.45) is 4.99 Å². The van der Waals surface area contributed by atoms with Crippen LogP contribution in [0.5, 0.6) is 0 Å². The molecule has 2 heterocycles. The Balaban J connectivity index is 1.61. The first-order chi connectivity index (χ1) is 12.3. The molecule has 1 N–H and O–H groups in total. The minimum absolute atomic E-state index is 0.134. The van der Waals surface area contributed by atoms with Crippen LogP contribution in [0.4, 0.5) is 10.1 Å². The maximum Gasteiger partial charge on any atom is 0.125 e. The van der Waals surface area contributed by atoms with Crippen molar-refractivity contribution in [3.8, 4) is 11.3 Å². The van der Waals surface area contributed by atoms with E-state index in [1.165, 1.54) is 23.3 Å². The van der Waals surface area contributed by atoms with Gasteiger partial charge in [0.05, 0.1) is 11.4 Å². The fourth-order valence-corrected chi connectivity index (χ4v) is 3.11. The molecule has 1 aliphatic rings. The average molecular weight is 331 g/mol. The van der Waals surface area contributed by atoms with Crippen molar-refractivity contribution in [3.63, 3.8) is 0 Å². The van der Waals surface area contributed by atoms with Gasteiger partial charge in [0.1, 0.15) is 5.82 Å². The summed E-state index contributed by atoms with van der Waals surface area (Å²) in [6.45, 7) is 0.823. The van der Waals surface area contributed by atoms with Crippen molar-refractivity contribution < 1.29 is 4.39 Å². The van der Waals surface area contributed by atoms with E-state index in [2.05, 4.69) is 39.6 Å². The predicted octanol–water partition coefficient (Wildman–Crippen LogP) is 4.30. The number of halogens is 1. The van der Waals surface area contributed by atoms with Gasteiger partial charge in [0, 0.05) is 36.6 Å². The first-order valence-corrected chi connectivity index (χ1v) is 8.35. The lowest BCUT2D eigenvalue weighted by atomic mass is 9.96. The summed E-state index contributed by atoms with van der Waals surface area (Å²) >= 11 is 0. The number of hydrogen-bond donors (Lipinski definition) is 1. The van der Waals surface area contributed by atoms with Gasteiger partial charge in [0.25, 0.3) is 0 Å². The molecule has 124 valence electrons. The van der Waals surface area contributed by atoms with E-state index >= 15 is 0 Å². The summed E-state index contributed by atoms with van der Waals surface area (Å²) in [5.74, 6) is -0.297. The highest BCUT2D eigenvalue weighted by Crippen LogP contribution is 2.29. The SMILES string of the molecule is Fc1ccc(-c2ccccn2)c(N=C[C@@H]2Cc3ccccc3CN2)c1. The molecule has 0 amide bonds. The predicted molar refractivity (Wildman–Crippen MR) is 98.6 cm³/mol. The zero-order valence-corrected chi connectivity index (χ0v) is 13.7. The monoisotopic (exact) mass is 331 g/mol. The first-order valence-electron chi connectivity index (χ1n) is 8.35. The molecule has 0 spiro atoms. The zero-order valence-electron chi connectivity index (χ0n) is 13.7. The molecule has 1 aromatic heterocycles. The van der Waals surface area contributed by atoms with Crippen molar-refractivity contribution in [1.82, 2.24) is 10.3 Å². The first kappa shape index (κ1) is 15.7. The molecular weight excluding hydrogens is 313 g/mol. The Morgan fingerprint density at radius 1 is 1.04 bits per heavy atom. The van der Waals surface area contributed by atoms with Crippen LogP contribution < -0.4 is 5.32 Å². The highest BCUT2D eigenvalue weighted by Gasteiger charge is 2.16. The van der Waals surface area contributed by atoms with Crippen LogP contribution in [0.25, 0.3) is 11.3 Å². The van der Waals surface area contributed by atoms with E-state index in [0.717, 1.165) is 24.2 Å². The number of benzene rings is 2. The molecule has 0 aliphatic carbocycles. The van der Waals surface area contributed by atoms with Crippen LogP contribution in [-0.2, 0) is 13.0 Å². The molecule has 3 aromatic rings. The molecule has 3 nitrogen and oxygen atoms in total. The van der Waals surface area contributed by atoms with Gasteiger partial charge in [0.2, 0.25) is 0 Å². The highest BCUT2D eigenvalue weighted by atomic mass is 19.1. The van der Waals surface area contributed by atoms with Crippen LogP contribution in [0.3, 0.4) is 0 Å². The second-order valence-corrected chi connectivity index (χ2v) is 6.11. The Hall–Kier alpha value is -2.85. The molecule has 25 heavy (non-hydrogen) atoms. The summed E-state index contributed by atoms with van der Waals surface area (Å²) in [6, 6.07) is 18.9. The third-order valence-electron chi connectivity index (χ3n) is 4.41. The number of aliphatic imine (C=N–C) groups is 1. The molecule has 1 atom stereocenters. The van der Waals surface area contributed by atoms with Gasteiger partial charge in [-0.15, -0.1) is 0 Å². The third kappa shape index (κ3) is 3.49. The Morgan fingerprint density at radius 2 is 1.88 bits per heavy atom. The molecule has 2 aromatic carbocycles. The van der Waals surface area contributed by atoms with Crippen LogP contribution in [0.15, 0.2) is 71.9 Å². The van der Waals surface area contributed by atoms with Crippen LogP contribution in [-0.4, -0.2) is 17.2 Å². The van der Waals surface area contributed by atoms with Crippen molar-refractivity contribution in [2.45, 2.75) is 19.0 Å². The van der Waals surface area contributed by atoms with Crippen LogP contribution in [0, 0.1) is 5.82 Å².